The van der Waals surface area contributed by atoms with Crippen LogP contribution in [0.15, 0.2) is 48.5 Å². The predicted octanol–water partition coefficient (Wildman–Crippen LogP) is 2.92. The van der Waals surface area contributed by atoms with E-state index in [2.05, 4.69) is 6.07 Å². The number of rotatable bonds is 7. The summed E-state index contributed by atoms with van der Waals surface area (Å²) in [5, 5.41) is 8.72. The molecule has 0 heterocycles. The van der Waals surface area contributed by atoms with Gasteiger partial charge >= 0.3 is 6.03 Å². The van der Waals surface area contributed by atoms with Crippen molar-refractivity contribution < 1.29 is 14.3 Å². The number of carbonyl (C=O) groups excluding carboxylic acids is 1. The molecule has 0 radical (unpaired) electrons. The highest BCUT2D eigenvalue weighted by atomic mass is 16.5. The minimum absolute atomic E-state index is 0.511. The van der Waals surface area contributed by atoms with Crippen molar-refractivity contribution in [3.63, 3.8) is 0 Å². The van der Waals surface area contributed by atoms with Crippen LogP contribution in [0.1, 0.15) is 12.0 Å². The van der Waals surface area contributed by atoms with E-state index in [4.69, 9.17) is 20.5 Å². The van der Waals surface area contributed by atoms with Gasteiger partial charge in [0.2, 0.25) is 0 Å². The predicted molar refractivity (Wildman–Crippen MR) is 91.2 cm³/mol. The summed E-state index contributed by atoms with van der Waals surface area (Å²) in [7, 11) is 1.61. The van der Waals surface area contributed by atoms with Gasteiger partial charge in [0.15, 0.2) is 0 Å². The van der Waals surface area contributed by atoms with Gasteiger partial charge in [-0.1, -0.05) is 0 Å². The first kappa shape index (κ1) is 17.2. The molecule has 0 saturated heterocycles. The van der Waals surface area contributed by atoms with Gasteiger partial charge in [0, 0.05) is 19.2 Å². The molecule has 0 fully saturated rings. The Hall–Kier alpha value is -3.20. The third kappa shape index (κ3) is 4.92. The van der Waals surface area contributed by atoms with Crippen molar-refractivity contribution in [3.8, 4) is 17.6 Å². The third-order valence-electron chi connectivity index (χ3n) is 3.36. The van der Waals surface area contributed by atoms with Crippen molar-refractivity contribution in [3.05, 3.63) is 54.1 Å². The molecule has 124 valence electrons. The van der Waals surface area contributed by atoms with E-state index in [1.165, 1.54) is 4.90 Å². The maximum absolute atomic E-state index is 11.1. The third-order valence-corrected chi connectivity index (χ3v) is 3.36. The zero-order valence-corrected chi connectivity index (χ0v) is 13.4. The first-order valence-corrected chi connectivity index (χ1v) is 7.49. The van der Waals surface area contributed by atoms with Gasteiger partial charge in [-0.05, 0) is 48.5 Å². The summed E-state index contributed by atoms with van der Waals surface area (Å²) >= 11 is 0. The number of carbonyl (C=O) groups is 1. The van der Waals surface area contributed by atoms with Crippen molar-refractivity contribution in [2.24, 2.45) is 5.73 Å². The Bertz CT molecular complexity index is 706. The van der Waals surface area contributed by atoms with Crippen LogP contribution in [-0.4, -0.2) is 26.3 Å². The second-order valence-corrected chi connectivity index (χ2v) is 5.08. The Balaban J connectivity index is 1.70. The maximum Gasteiger partial charge on any atom is 0.318 e. The molecule has 6 nitrogen and oxygen atoms in total. The second-order valence-electron chi connectivity index (χ2n) is 5.08. The number of primary amides is 1. The molecule has 0 bridgehead atoms. The molecule has 0 saturated carbocycles. The lowest BCUT2D eigenvalue weighted by Crippen LogP contribution is -2.31. The van der Waals surface area contributed by atoms with E-state index in [0.717, 1.165) is 17.9 Å². The summed E-state index contributed by atoms with van der Waals surface area (Å²) in [6.07, 6.45) is 0.725. The zero-order chi connectivity index (χ0) is 17.4. The summed E-state index contributed by atoms with van der Waals surface area (Å²) in [5.74, 6) is 1.45. The van der Waals surface area contributed by atoms with Crippen LogP contribution in [-0.2, 0) is 0 Å². The highest BCUT2D eigenvalue weighted by Gasteiger charge is 2.05. The standard InChI is InChI=1S/C18H19N3O3/c1-21(18(20)22)15-5-9-17(10-6-15)24-12-2-11-23-16-7-3-14(13-19)4-8-16/h3-10H,2,11-12H2,1H3,(H2,20,22). The SMILES string of the molecule is CN(C(N)=O)c1ccc(OCCCOc2ccc(C#N)cc2)cc1. The summed E-state index contributed by atoms with van der Waals surface area (Å²) in [5.41, 5.74) is 6.52. The van der Waals surface area contributed by atoms with E-state index in [1.54, 1.807) is 55.6 Å². The number of nitrogens with two attached hydrogens (primary N) is 1. The van der Waals surface area contributed by atoms with Crippen molar-refractivity contribution in [1.29, 1.82) is 5.26 Å². The van der Waals surface area contributed by atoms with Gasteiger partial charge in [0.25, 0.3) is 0 Å². The lowest BCUT2D eigenvalue weighted by Gasteiger charge is -2.14. The molecule has 2 aromatic rings. The summed E-state index contributed by atoms with van der Waals surface area (Å²) in [4.78, 5) is 12.4. The van der Waals surface area contributed by atoms with Crippen LogP contribution in [0.4, 0.5) is 10.5 Å². The monoisotopic (exact) mass is 325 g/mol. The molecule has 2 aromatic carbocycles. The summed E-state index contributed by atoms with van der Waals surface area (Å²) < 4.78 is 11.2. The molecule has 2 amide bonds. The Kier molecular flexibility index (Phi) is 6.03. The fraction of sp³-hybridized carbons (Fsp3) is 0.222. The highest BCUT2D eigenvalue weighted by molar-refractivity contribution is 5.90. The number of nitriles is 1. The van der Waals surface area contributed by atoms with Crippen LogP contribution in [0, 0.1) is 11.3 Å². The van der Waals surface area contributed by atoms with E-state index >= 15 is 0 Å². The molecule has 0 aliphatic rings. The van der Waals surface area contributed by atoms with E-state index < -0.39 is 6.03 Å². The molecular formula is C18H19N3O3. The van der Waals surface area contributed by atoms with Crippen molar-refractivity contribution in [2.45, 2.75) is 6.42 Å². The van der Waals surface area contributed by atoms with E-state index in [1.807, 2.05) is 0 Å². The highest BCUT2D eigenvalue weighted by Crippen LogP contribution is 2.18. The molecule has 0 aliphatic carbocycles. The molecule has 2 N–H and O–H groups in total. The Morgan fingerprint density at radius 3 is 2.00 bits per heavy atom. The van der Waals surface area contributed by atoms with Gasteiger partial charge in [-0.3, -0.25) is 4.90 Å². The van der Waals surface area contributed by atoms with Crippen molar-refractivity contribution in [2.75, 3.05) is 25.2 Å². The van der Waals surface area contributed by atoms with Gasteiger partial charge in [-0.25, -0.2) is 4.79 Å². The Labute approximate surface area is 141 Å². The molecule has 24 heavy (non-hydrogen) atoms. The number of nitrogens with zero attached hydrogens (tertiary/aromatic N) is 2. The van der Waals surface area contributed by atoms with Gasteiger partial charge in [-0.2, -0.15) is 5.26 Å². The van der Waals surface area contributed by atoms with Crippen LogP contribution >= 0.6 is 0 Å². The molecular weight excluding hydrogens is 306 g/mol. The fourth-order valence-electron chi connectivity index (χ4n) is 1.96. The van der Waals surface area contributed by atoms with E-state index in [0.29, 0.717) is 24.5 Å². The molecule has 0 atom stereocenters. The average Bonchev–Trinajstić information content (AvgIpc) is 2.62. The van der Waals surface area contributed by atoms with Crippen LogP contribution in [0.2, 0.25) is 0 Å². The molecule has 6 heteroatoms. The summed E-state index contributed by atoms with van der Waals surface area (Å²) in [6.45, 7) is 1.04. The number of hydrogen-bond donors (Lipinski definition) is 1. The van der Waals surface area contributed by atoms with Gasteiger partial charge in [-0.15, -0.1) is 0 Å². The Morgan fingerprint density at radius 1 is 1.04 bits per heavy atom. The topological polar surface area (TPSA) is 88.6 Å². The second kappa shape index (κ2) is 8.44. The smallest absolute Gasteiger partial charge is 0.318 e. The molecule has 0 aromatic heterocycles. The van der Waals surface area contributed by atoms with Gasteiger partial charge < -0.3 is 15.2 Å². The zero-order valence-electron chi connectivity index (χ0n) is 13.4. The Morgan fingerprint density at radius 2 is 1.54 bits per heavy atom. The number of hydrogen-bond acceptors (Lipinski definition) is 4. The molecule has 0 aliphatic heterocycles. The largest absolute Gasteiger partial charge is 0.493 e. The van der Waals surface area contributed by atoms with Crippen LogP contribution in [0.5, 0.6) is 11.5 Å². The lowest BCUT2D eigenvalue weighted by molar-refractivity contribution is 0.247. The van der Waals surface area contributed by atoms with Gasteiger partial charge in [0.05, 0.1) is 24.8 Å². The minimum Gasteiger partial charge on any atom is -0.493 e. The van der Waals surface area contributed by atoms with E-state index in [9.17, 15) is 4.79 Å². The molecule has 0 unspecified atom stereocenters. The minimum atomic E-state index is -0.511. The van der Waals surface area contributed by atoms with E-state index in [-0.39, 0.29) is 0 Å². The normalized spacial score (nSPS) is 9.83. The number of ether oxygens (including phenoxy) is 2. The summed E-state index contributed by atoms with van der Waals surface area (Å²) in [6, 6.07) is 15.6. The fourth-order valence-corrected chi connectivity index (χ4v) is 1.96. The molecule has 2 rings (SSSR count). The lowest BCUT2D eigenvalue weighted by atomic mass is 10.2. The van der Waals surface area contributed by atoms with Crippen LogP contribution in [0.25, 0.3) is 0 Å². The number of anilines is 1. The van der Waals surface area contributed by atoms with Crippen LogP contribution < -0.4 is 20.1 Å². The van der Waals surface area contributed by atoms with Crippen molar-refractivity contribution >= 4 is 11.7 Å². The maximum atomic E-state index is 11.1. The van der Waals surface area contributed by atoms with Gasteiger partial charge in [0.1, 0.15) is 11.5 Å². The van der Waals surface area contributed by atoms with Crippen LogP contribution in [0.3, 0.4) is 0 Å². The number of urea groups is 1. The quantitative estimate of drug-likeness (QED) is 0.793. The van der Waals surface area contributed by atoms with Crippen molar-refractivity contribution in [1.82, 2.24) is 0 Å². The number of benzene rings is 2. The first-order valence-electron chi connectivity index (χ1n) is 7.49. The molecule has 0 spiro atoms. The average molecular weight is 325 g/mol. The first-order chi connectivity index (χ1) is 11.6. The number of amides is 2.